The fourth-order valence-electron chi connectivity index (χ4n) is 1.16. The molecule has 0 saturated heterocycles. The van der Waals surface area contributed by atoms with Gasteiger partial charge in [-0.1, -0.05) is 6.08 Å². The number of ether oxygens (including phenoxy) is 1. The monoisotopic (exact) mass is 187 g/mol. The maximum Gasteiger partial charge on any atom is 0.0589 e. The van der Waals surface area contributed by atoms with Gasteiger partial charge in [0.15, 0.2) is 0 Å². The van der Waals surface area contributed by atoms with Crippen molar-refractivity contribution >= 4 is 0 Å². The van der Waals surface area contributed by atoms with E-state index in [1.807, 2.05) is 6.08 Å². The Balaban J connectivity index is 3.46. The van der Waals surface area contributed by atoms with E-state index >= 15 is 0 Å². The van der Waals surface area contributed by atoms with Crippen LogP contribution in [0.5, 0.6) is 0 Å². The molecule has 0 atom stereocenters. The second kappa shape index (κ2) is 9.71. The molecule has 0 aliphatic rings. The first-order chi connectivity index (χ1) is 6.35. The molecule has 0 amide bonds. The zero-order valence-electron chi connectivity index (χ0n) is 8.54. The van der Waals surface area contributed by atoms with Crippen LogP contribution in [-0.4, -0.2) is 50.0 Å². The molecule has 0 aromatic rings. The lowest BCUT2D eigenvalue weighted by molar-refractivity contribution is 0.130. The zero-order valence-corrected chi connectivity index (χ0v) is 8.54. The maximum atomic E-state index is 8.79. The molecule has 0 radical (unpaired) electrons. The first-order valence-electron chi connectivity index (χ1n) is 4.78. The fourth-order valence-corrected chi connectivity index (χ4v) is 1.16. The molecule has 0 unspecified atom stereocenters. The second-order valence-corrected chi connectivity index (χ2v) is 2.99. The third kappa shape index (κ3) is 7.96. The minimum Gasteiger partial charge on any atom is -0.395 e. The molecular weight excluding hydrogens is 166 g/mol. The van der Waals surface area contributed by atoms with Crippen LogP contribution in [-0.2, 0) is 4.74 Å². The number of nitrogens with zero attached hydrogens (tertiary/aromatic N) is 1. The van der Waals surface area contributed by atoms with E-state index in [4.69, 9.17) is 9.84 Å². The molecule has 0 heterocycles. The third-order valence-electron chi connectivity index (χ3n) is 1.91. The topological polar surface area (TPSA) is 32.7 Å². The van der Waals surface area contributed by atoms with E-state index < -0.39 is 0 Å². The Kier molecular flexibility index (Phi) is 9.42. The van der Waals surface area contributed by atoms with Gasteiger partial charge < -0.3 is 9.84 Å². The fraction of sp³-hybridized carbons (Fsp3) is 0.800. The first-order valence-corrected chi connectivity index (χ1v) is 4.78. The number of unbranched alkanes of at least 4 members (excludes halogenated alkanes) is 1. The summed E-state index contributed by atoms with van der Waals surface area (Å²) >= 11 is 0. The molecular formula is C10H21NO2. The van der Waals surface area contributed by atoms with Crippen LogP contribution in [0.25, 0.3) is 0 Å². The molecule has 0 spiro atoms. The van der Waals surface area contributed by atoms with Crippen molar-refractivity contribution in [3.8, 4) is 0 Å². The highest BCUT2D eigenvalue weighted by atomic mass is 16.5. The summed E-state index contributed by atoms with van der Waals surface area (Å²) in [7, 11) is 1.70. The zero-order chi connectivity index (χ0) is 9.94. The molecule has 0 rings (SSSR count). The summed E-state index contributed by atoms with van der Waals surface area (Å²) in [4.78, 5) is 2.20. The van der Waals surface area contributed by atoms with E-state index in [9.17, 15) is 0 Å². The van der Waals surface area contributed by atoms with Crippen LogP contribution >= 0.6 is 0 Å². The molecule has 3 nitrogen and oxygen atoms in total. The summed E-state index contributed by atoms with van der Waals surface area (Å²) in [6.07, 6.45) is 4.07. The van der Waals surface area contributed by atoms with E-state index in [0.717, 1.165) is 39.1 Å². The standard InChI is InChI=1S/C10H21NO2/c1-3-4-5-6-11(7-9-12)8-10-13-2/h3,12H,1,4-10H2,2H3. The Bertz CT molecular complexity index is 117. The molecule has 1 N–H and O–H groups in total. The Labute approximate surface area is 81.0 Å². The molecule has 0 aliphatic carbocycles. The summed E-state index contributed by atoms with van der Waals surface area (Å²) in [5.41, 5.74) is 0. The van der Waals surface area contributed by atoms with Crippen molar-refractivity contribution in [1.82, 2.24) is 4.90 Å². The van der Waals surface area contributed by atoms with Gasteiger partial charge in [0.2, 0.25) is 0 Å². The predicted octanol–water partition coefficient (Wildman–Crippen LogP) is 0.893. The number of methoxy groups -OCH3 is 1. The summed E-state index contributed by atoms with van der Waals surface area (Å²) in [5.74, 6) is 0. The lowest BCUT2D eigenvalue weighted by atomic mass is 10.3. The average molecular weight is 187 g/mol. The lowest BCUT2D eigenvalue weighted by Crippen LogP contribution is -2.31. The van der Waals surface area contributed by atoms with E-state index in [-0.39, 0.29) is 6.61 Å². The molecule has 13 heavy (non-hydrogen) atoms. The van der Waals surface area contributed by atoms with Crippen LogP contribution in [0.4, 0.5) is 0 Å². The Morgan fingerprint density at radius 2 is 2.15 bits per heavy atom. The van der Waals surface area contributed by atoms with Crippen LogP contribution in [0.2, 0.25) is 0 Å². The van der Waals surface area contributed by atoms with Gasteiger partial charge in [-0.25, -0.2) is 0 Å². The molecule has 0 aliphatic heterocycles. The maximum absolute atomic E-state index is 8.79. The first kappa shape index (κ1) is 12.6. The van der Waals surface area contributed by atoms with Gasteiger partial charge >= 0.3 is 0 Å². The van der Waals surface area contributed by atoms with Crippen molar-refractivity contribution in [2.24, 2.45) is 0 Å². The third-order valence-corrected chi connectivity index (χ3v) is 1.91. The van der Waals surface area contributed by atoms with Crippen molar-refractivity contribution in [3.05, 3.63) is 12.7 Å². The van der Waals surface area contributed by atoms with E-state index in [0.29, 0.717) is 0 Å². The minimum atomic E-state index is 0.220. The van der Waals surface area contributed by atoms with E-state index in [2.05, 4.69) is 11.5 Å². The van der Waals surface area contributed by atoms with Crippen LogP contribution in [0.1, 0.15) is 12.8 Å². The van der Waals surface area contributed by atoms with Gasteiger partial charge in [-0.2, -0.15) is 0 Å². The second-order valence-electron chi connectivity index (χ2n) is 2.99. The molecule has 0 bridgehead atoms. The van der Waals surface area contributed by atoms with Crippen molar-refractivity contribution < 1.29 is 9.84 Å². The highest BCUT2D eigenvalue weighted by molar-refractivity contribution is 4.67. The van der Waals surface area contributed by atoms with Crippen molar-refractivity contribution in [2.75, 3.05) is 40.0 Å². The Hall–Kier alpha value is -0.380. The highest BCUT2D eigenvalue weighted by Crippen LogP contribution is 1.95. The van der Waals surface area contributed by atoms with Crippen LogP contribution in [0.3, 0.4) is 0 Å². The number of hydrogen-bond donors (Lipinski definition) is 1. The number of allylic oxidation sites excluding steroid dienone is 1. The van der Waals surface area contributed by atoms with Crippen molar-refractivity contribution in [1.29, 1.82) is 0 Å². The normalized spacial score (nSPS) is 10.7. The molecule has 0 aromatic carbocycles. The number of aliphatic hydroxyl groups excluding tert-OH is 1. The number of hydrogen-bond acceptors (Lipinski definition) is 3. The SMILES string of the molecule is C=CCCCN(CCO)CCOC. The van der Waals surface area contributed by atoms with Crippen LogP contribution < -0.4 is 0 Å². The largest absolute Gasteiger partial charge is 0.395 e. The van der Waals surface area contributed by atoms with Crippen LogP contribution in [0.15, 0.2) is 12.7 Å². The lowest BCUT2D eigenvalue weighted by Gasteiger charge is -2.20. The average Bonchev–Trinajstić information content (AvgIpc) is 2.14. The summed E-state index contributed by atoms with van der Waals surface area (Å²) in [6.45, 7) is 7.27. The van der Waals surface area contributed by atoms with E-state index in [1.165, 1.54) is 0 Å². The number of aliphatic hydroxyl groups is 1. The Morgan fingerprint density at radius 1 is 1.38 bits per heavy atom. The van der Waals surface area contributed by atoms with Crippen molar-refractivity contribution in [2.45, 2.75) is 12.8 Å². The number of rotatable bonds is 9. The van der Waals surface area contributed by atoms with Gasteiger partial charge in [0.05, 0.1) is 13.2 Å². The quantitative estimate of drug-likeness (QED) is 0.430. The molecule has 0 aromatic heterocycles. The summed E-state index contributed by atoms with van der Waals surface area (Å²) < 4.78 is 4.98. The van der Waals surface area contributed by atoms with E-state index in [1.54, 1.807) is 7.11 Å². The molecule has 0 fully saturated rings. The van der Waals surface area contributed by atoms with Crippen molar-refractivity contribution in [3.63, 3.8) is 0 Å². The van der Waals surface area contributed by atoms with Crippen LogP contribution in [0, 0.1) is 0 Å². The Morgan fingerprint density at radius 3 is 2.69 bits per heavy atom. The smallest absolute Gasteiger partial charge is 0.0589 e. The summed E-state index contributed by atoms with van der Waals surface area (Å²) in [6, 6.07) is 0. The van der Waals surface area contributed by atoms with Gasteiger partial charge in [-0.05, 0) is 19.4 Å². The molecule has 3 heteroatoms. The summed E-state index contributed by atoms with van der Waals surface area (Å²) in [5, 5.41) is 8.79. The predicted molar refractivity (Wildman–Crippen MR) is 54.8 cm³/mol. The molecule has 78 valence electrons. The van der Waals surface area contributed by atoms with Gasteiger partial charge in [0.25, 0.3) is 0 Å². The molecule has 0 saturated carbocycles. The van der Waals surface area contributed by atoms with Gasteiger partial charge in [0, 0.05) is 20.2 Å². The van der Waals surface area contributed by atoms with Gasteiger partial charge in [0.1, 0.15) is 0 Å². The van der Waals surface area contributed by atoms with Gasteiger partial charge in [-0.3, -0.25) is 4.90 Å². The minimum absolute atomic E-state index is 0.220. The highest BCUT2D eigenvalue weighted by Gasteiger charge is 2.01. The van der Waals surface area contributed by atoms with Gasteiger partial charge in [-0.15, -0.1) is 6.58 Å².